The first kappa shape index (κ1) is 50.6. The maximum absolute atomic E-state index is 12.4. The van der Waals surface area contributed by atoms with Crippen LogP contribution in [-0.4, -0.2) is 34.9 Å². The number of aliphatic hydroxyl groups is 2. The van der Waals surface area contributed by atoms with E-state index in [4.69, 9.17) is 0 Å². The van der Waals surface area contributed by atoms with Gasteiger partial charge >= 0.3 is 0 Å². The van der Waals surface area contributed by atoms with Gasteiger partial charge in [0.05, 0.1) is 18.8 Å². The summed E-state index contributed by atoms with van der Waals surface area (Å²) in [5.41, 5.74) is 0. The molecule has 0 radical (unpaired) electrons. The average molecular weight is 736 g/mol. The summed E-state index contributed by atoms with van der Waals surface area (Å²) in [6, 6.07) is -0.572. The fourth-order valence-electron chi connectivity index (χ4n) is 6.29. The molecule has 0 heterocycles. The summed E-state index contributed by atoms with van der Waals surface area (Å²) in [6.07, 6.45) is 63.7. The third-order valence-electron chi connectivity index (χ3n) is 9.67. The van der Waals surface area contributed by atoms with Crippen LogP contribution in [0.25, 0.3) is 0 Å². The third kappa shape index (κ3) is 40.6. The van der Waals surface area contributed by atoms with Crippen molar-refractivity contribution in [1.29, 1.82) is 0 Å². The van der Waals surface area contributed by atoms with Crippen LogP contribution >= 0.6 is 0 Å². The van der Waals surface area contributed by atoms with E-state index in [1.54, 1.807) is 0 Å². The average Bonchev–Trinajstić information content (AvgIpc) is 3.16. The van der Waals surface area contributed by atoms with Crippen molar-refractivity contribution in [1.82, 2.24) is 5.32 Å². The molecule has 2 unspecified atom stereocenters. The van der Waals surface area contributed by atoms with Gasteiger partial charge in [-0.2, -0.15) is 0 Å². The molecule has 0 saturated carbocycles. The molecule has 0 aromatic heterocycles. The normalized spacial score (nSPS) is 13.8. The van der Waals surface area contributed by atoms with E-state index in [0.29, 0.717) is 12.8 Å². The molecule has 1 amide bonds. The van der Waals surface area contributed by atoms with Crippen molar-refractivity contribution >= 4 is 5.91 Å². The predicted octanol–water partition coefficient (Wildman–Crippen LogP) is 14.1. The zero-order chi connectivity index (χ0) is 38.6. The van der Waals surface area contributed by atoms with Gasteiger partial charge in [-0.3, -0.25) is 4.79 Å². The van der Waals surface area contributed by atoms with Crippen LogP contribution in [0.15, 0.2) is 85.1 Å². The van der Waals surface area contributed by atoms with Gasteiger partial charge in [0.1, 0.15) is 0 Å². The molecule has 0 spiro atoms. The largest absolute Gasteiger partial charge is 0.394 e. The van der Waals surface area contributed by atoms with Gasteiger partial charge in [-0.15, -0.1) is 0 Å². The van der Waals surface area contributed by atoms with Crippen LogP contribution in [0.1, 0.15) is 200 Å². The van der Waals surface area contributed by atoms with E-state index < -0.39 is 12.1 Å². The SMILES string of the molecule is CC/C=C\C/C=C\C/C=C\C/C=C\C/C=C\C/C=C\C/C=C\CCCC(=O)NC(CO)C(O)CCCCCCCCCCCCCCCCCCCC. The Hall–Kier alpha value is -2.43. The molecule has 0 bridgehead atoms. The summed E-state index contributed by atoms with van der Waals surface area (Å²) in [6.45, 7) is 4.22. The monoisotopic (exact) mass is 736 g/mol. The first-order valence-corrected chi connectivity index (χ1v) is 22.3. The van der Waals surface area contributed by atoms with Crippen LogP contribution < -0.4 is 5.32 Å². The summed E-state index contributed by atoms with van der Waals surface area (Å²) < 4.78 is 0. The molecular weight excluding hydrogens is 651 g/mol. The van der Waals surface area contributed by atoms with Crippen molar-refractivity contribution < 1.29 is 15.0 Å². The second kappa shape index (κ2) is 44.0. The number of hydrogen-bond acceptors (Lipinski definition) is 3. The Labute approximate surface area is 329 Å². The van der Waals surface area contributed by atoms with Crippen molar-refractivity contribution in [2.75, 3.05) is 6.61 Å². The number of carbonyl (C=O) groups is 1. The van der Waals surface area contributed by atoms with Crippen LogP contribution in [0.3, 0.4) is 0 Å². The fraction of sp³-hybridized carbons (Fsp3) is 0.694. The number of hydrogen-bond donors (Lipinski definition) is 3. The smallest absolute Gasteiger partial charge is 0.220 e. The molecule has 0 fully saturated rings. The lowest BCUT2D eigenvalue weighted by Crippen LogP contribution is -2.45. The Morgan fingerprint density at radius 1 is 0.472 bits per heavy atom. The van der Waals surface area contributed by atoms with Crippen LogP contribution in [0.5, 0.6) is 0 Å². The summed E-state index contributed by atoms with van der Waals surface area (Å²) in [5.74, 6) is -0.0914. The number of rotatable bonds is 39. The molecule has 0 aromatic rings. The van der Waals surface area contributed by atoms with Crippen molar-refractivity contribution in [3.8, 4) is 0 Å². The summed E-state index contributed by atoms with van der Waals surface area (Å²) in [5, 5.41) is 23.1. The van der Waals surface area contributed by atoms with E-state index in [2.05, 4.69) is 104 Å². The van der Waals surface area contributed by atoms with Crippen molar-refractivity contribution in [3.05, 3.63) is 85.1 Å². The minimum absolute atomic E-state index is 0.0914. The van der Waals surface area contributed by atoms with Crippen molar-refractivity contribution in [2.45, 2.75) is 212 Å². The van der Waals surface area contributed by atoms with E-state index in [0.717, 1.165) is 70.6 Å². The molecule has 2 atom stereocenters. The van der Waals surface area contributed by atoms with Crippen molar-refractivity contribution in [3.63, 3.8) is 0 Å². The van der Waals surface area contributed by atoms with Gasteiger partial charge in [0.25, 0.3) is 0 Å². The van der Waals surface area contributed by atoms with E-state index in [1.165, 1.54) is 103 Å². The Morgan fingerprint density at radius 3 is 1.17 bits per heavy atom. The minimum Gasteiger partial charge on any atom is -0.394 e. The Kier molecular flexibility index (Phi) is 42.0. The zero-order valence-electron chi connectivity index (χ0n) is 34.8. The van der Waals surface area contributed by atoms with Gasteiger partial charge in [-0.05, 0) is 64.2 Å². The van der Waals surface area contributed by atoms with E-state index in [9.17, 15) is 15.0 Å². The molecule has 0 aliphatic rings. The van der Waals surface area contributed by atoms with E-state index >= 15 is 0 Å². The van der Waals surface area contributed by atoms with Crippen molar-refractivity contribution in [2.24, 2.45) is 0 Å². The fourth-order valence-corrected chi connectivity index (χ4v) is 6.29. The lowest BCUT2D eigenvalue weighted by molar-refractivity contribution is -0.123. The molecule has 0 aliphatic carbocycles. The Morgan fingerprint density at radius 2 is 0.811 bits per heavy atom. The highest BCUT2D eigenvalue weighted by molar-refractivity contribution is 5.76. The molecule has 3 N–H and O–H groups in total. The first-order chi connectivity index (χ1) is 26.2. The second-order valence-electron chi connectivity index (χ2n) is 14.7. The van der Waals surface area contributed by atoms with Crippen LogP contribution in [-0.2, 0) is 4.79 Å². The molecule has 304 valence electrons. The molecule has 0 rings (SSSR count). The van der Waals surface area contributed by atoms with Crippen LogP contribution in [0.4, 0.5) is 0 Å². The number of allylic oxidation sites excluding steroid dienone is 14. The summed E-state index contributed by atoms with van der Waals surface area (Å²) >= 11 is 0. The Bertz CT molecular complexity index is 972. The highest BCUT2D eigenvalue weighted by atomic mass is 16.3. The molecule has 53 heavy (non-hydrogen) atoms. The molecule has 0 aliphatic heterocycles. The third-order valence-corrected chi connectivity index (χ3v) is 9.67. The summed E-state index contributed by atoms with van der Waals surface area (Å²) in [7, 11) is 0. The lowest BCUT2D eigenvalue weighted by Gasteiger charge is -2.22. The van der Waals surface area contributed by atoms with E-state index in [1.807, 2.05) is 0 Å². The number of unbranched alkanes of at least 4 members (excludes halogenated alkanes) is 18. The highest BCUT2D eigenvalue weighted by Gasteiger charge is 2.19. The van der Waals surface area contributed by atoms with Gasteiger partial charge in [-0.1, -0.05) is 214 Å². The van der Waals surface area contributed by atoms with Gasteiger partial charge < -0.3 is 15.5 Å². The molecule has 4 nitrogen and oxygen atoms in total. The number of amides is 1. The predicted molar refractivity (Wildman–Crippen MR) is 234 cm³/mol. The number of aliphatic hydroxyl groups excluding tert-OH is 2. The second-order valence-corrected chi connectivity index (χ2v) is 14.7. The minimum atomic E-state index is -0.689. The summed E-state index contributed by atoms with van der Waals surface area (Å²) in [4.78, 5) is 12.4. The van der Waals surface area contributed by atoms with Crippen LogP contribution in [0, 0.1) is 0 Å². The number of nitrogens with one attached hydrogen (secondary N) is 1. The highest BCUT2D eigenvalue weighted by Crippen LogP contribution is 2.15. The van der Waals surface area contributed by atoms with Gasteiger partial charge in [-0.25, -0.2) is 0 Å². The van der Waals surface area contributed by atoms with Gasteiger partial charge in [0, 0.05) is 6.42 Å². The quantitative estimate of drug-likeness (QED) is 0.0435. The molecular formula is C49H85NO3. The van der Waals surface area contributed by atoms with Gasteiger partial charge in [0.15, 0.2) is 0 Å². The topological polar surface area (TPSA) is 69.6 Å². The maximum atomic E-state index is 12.4. The van der Waals surface area contributed by atoms with Gasteiger partial charge in [0.2, 0.25) is 5.91 Å². The zero-order valence-corrected chi connectivity index (χ0v) is 34.8. The first-order valence-electron chi connectivity index (χ1n) is 22.3. The lowest BCUT2D eigenvalue weighted by atomic mass is 10.0. The van der Waals surface area contributed by atoms with Crippen LogP contribution in [0.2, 0.25) is 0 Å². The number of carbonyl (C=O) groups excluding carboxylic acids is 1. The van der Waals surface area contributed by atoms with E-state index in [-0.39, 0.29) is 12.5 Å². The molecule has 0 saturated heterocycles. The molecule has 0 aromatic carbocycles. The molecule has 4 heteroatoms. The standard InChI is InChI=1S/C49H85NO3/c1-3-5-7-9-11-13-15-17-19-21-23-24-25-26-27-29-31-33-35-37-39-41-43-45-49(53)50-47(46-51)48(52)44-42-40-38-36-34-32-30-28-22-20-18-16-14-12-10-8-6-4-2/h5,7,11,13,17,19,23-24,26-27,31,33,37,39,47-48,51-52H,3-4,6,8-10,12,14-16,18,20-22,25,28-30,32,34-36,38,40-46H2,1-2H3,(H,50,53)/b7-5-,13-11-,19-17-,24-23-,27-26-,33-31-,39-37-. The maximum Gasteiger partial charge on any atom is 0.220 e. The Balaban J connectivity index is 3.69.